The van der Waals surface area contributed by atoms with Crippen LogP contribution in [0.1, 0.15) is 5.56 Å². The predicted octanol–water partition coefficient (Wildman–Crippen LogP) is 4.06. The molecule has 0 radical (unpaired) electrons. The second-order valence-corrected chi connectivity index (χ2v) is 4.57. The van der Waals surface area contributed by atoms with Crippen molar-refractivity contribution in [1.29, 1.82) is 0 Å². The molecule has 3 rings (SSSR count). The number of anilines is 1. The molecule has 2 aromatic carbocycles. The van der Waals surface area contributed by atoms with Crippen LogP contribution in [0.5, 0.6) is 11.5 Å². The van der Waals surface area contributed by atoms with Crippen molar-refractivity contribution in [2.24, 2.45) is 0 Å². The first kappa shape index (κ1) is 12.4. The zero-order chi connectivity index (χ0) is 14.1. The zero-order valence-electron chi connectivity index (χ0n) is 10.9. The number of fused-ring (bicyclic) bond motifs is 1. The minimum absolute atomic E-state index is 0.249. The van der Waals surface area contributed by atoms with Gasteiger partial charge < -0.3 is 10.5 Å². The van der Waals surface area contributed by atoms with Crippen molar-refractivity contribution >= 4 is 16.6 Å². The number of rotatable bonds is 2. The fourth-order valence-corrected chi connectivity index (χ4v) is 2.06. The molecule has 3 aromatic rings. The van der Waals surface area contributed by atoms with E-state index in [1.54, 1.807) is 37.4 Å². The predicted molar refractivity (Wildman–Crippen MR) is 77.4 cm³/mol. The number of aromatic nitrogens is 1. The van der Waals surface area contributed by atoms with Gasteiger partial charge in [0.05, 0.1) is 11.2 Å². The summed E-state index contributed by atoms with van der Waals surface area (Å²) in [6, 6.07) is 11.9. The highest BCUT2D eigenvalue weighted by Gasteiger charge is 2.08. The normalized spacial score (nSPS) is 10.7. The number of aryl methyl sites for hydroxylation is 1. The fraction of sp³-hybridized carbons (Fsp3) is 0.0625. The molecule has 0 spiro atoms. The topological polar surface area (TPSA) is 48.1 Å². The zero-order valence-corrected chi connectivity index (χ0v) is 10.9. The molecule has 0 amide bonds. The smallest absolute Gasteiger partial charge is 0.136 e. The maximum atomic E-state index is 13.3. The van der Waals surface area contributed by atoms with Crippen molar-refractivity contribution in [3.8, 4) is 11.5 Å². The van der Waals surface area contributed by atoms with Gasteiger partial charge in [0.15, 0.2) is 0 Å². The third-order valence-corrected chi connectivity index (χ3v) is 3.12. The lowest BCUT2D eigenvalue weighted by Gasteiger charge is -2.10. The van der Waals surface area contributed by atoms with Crippen molar-refractivity contribution in [3.05, 3.63) is 60.0 Å². The number of pyridine rings is 1. The summed E-state index contributed by atoms with van der Waals surface area (Å²) >= 11 is 0. The number of hydrogen-bond acceptors (Lipinski definition) is 3. The van der Waals surface area contributed by atoms with Crippen LogP contribution in [0.2, 0.25) is 0 Å². The van der Waals surface area contributed by atoms with Crippen molar-refractivity contribution in [2.75, 3.05) is 5.73 Å². The van der Waals surface area contributed by atoms with Gasteiger partial charge in [-0.2, -0.15) is 0 Å². The summed E-state index contributed by atoms with van der Waals surface area (Å²) in [6.45, 7) is 1.70. The van der Waals surface area contributed by atoms with E-state index in [0.29, 0.717) is 28.3 Å². The molecule has 0 aliphatic carbocycles. The molecule has 2 N–H and O–H groups in total. The van der Waals surface area contributed by atoms with E-state index in [2.05, 4.69) is 4.98 Å². The van der Waals surface area contributed by atoms with E-state index in [0.717, 1.165) is 5.39 Å². The van der Waals surface area contributed by atoms with Crippen molar-refractivity contribution in [2.45, 2.75) is 6.92 Å². The van der Waals surface area contributed by atoms with E-state index in [-0.39, 0.29) is 5.82 Å². The third-order valence-electron chi connectivity index (χ3n) is 3.12. The molecule has 20 heavy (non-hydrogen) atoms. The molecular formula is C16H13FN2O. The molecular weight excluding hydrogens is 255 g/mol. The molecule has 0 fully saturated rings. The summed E-state index contributed by atoms with van der Waals surface area (Å²) in [5, 5.41) is 0.828. The lowest BCUT2D eigenvalue weighted by Crippen LogP contribution is -1.93. The van der Waals surface area contributed by atoms with Gasteiger partial charge in [-0.15, -0.1) is 0 Å². The Labute approximate surface area is 115 Å². The molecule has 3 nitrogen and oxygen atoms in total. The first-order chi connectivity index (χ1) is 9.65. The molecule has 1 aromatic heterocycles. The lowest BCUT2D eigenvalue weighted by molar-refractivity contribution is 0.485. The maximum absolute atomic E-state index is 13.3. The van der Waals surface area contributed by atoms with Gasteiger partial charge >= 0.3 is 0 Å². The highest BCUT2D eigenvalue weighted by atomic mass is 19.1. The Morgan fingerprint density at radius 3 is 2.80 bits per heavy atom. The van der Waals surface area contributed by atoms with Gasteiger partial charge in [0.2, 0.25) is 0 Å². The molecule has 0 aliphatic rings. The van der Waals surface area contributed by atoms with Crippen LogP contribution in [0.15, 0.2) is 48.7 Å². The van der Waals surface area contributed by atoms with Gasteiger partial charge in [0.25, 0.3) is 0 Å². The largest absolute Gasteiger partial charge is 0.457 e. The van der Waals surface area contributed by atoms with Gasteiger partial charge in [-0.3, -0.25) is 4.98 Å². The van der Waals surface area contributed by atoms with E-state index in [4.69, 9.17) is 10.5 Å². The van der Waals surface area contributed by atoms with Crippen molar-refractivity contribution in [1.82, 2.24) is 4.98 Å². The third kappa shape index (κ3) is 2.16. The Kier molecular flexibility index (Phi) is 2.99. The van der Waals surface area contributed by atoms with Gasteiger partial charge in [-0.1, -0.05) is 0 Å². The summed E-state index contributed by atoms with van der Waals surface area (Å²) in [4.78, 5) is 4.25. The molecule has 0 aliphatic heterocycles. The maximum Gasteiger partial charge on any atom is 0.136 e. The molecule has 0 saturated heterocycles. The Bertz CT molecular complexity index is 787. The van der Waals surface area contributed by atoms with Gasteiger partial charge in [-0.25, -0.2) is 4.39 Å². The Morgan fingerprint density at radius 1 is 1.15 bits per heavy atom. The van der Waals surface area contributed by atoms with Crippen LogP contribution in [0.4, 0.5) is 10.1 Å². The molecule has 0 unspecified atom stereocenters. The van der Waals surface area contributed by atoms with Crippen LogP contribution in [0.25, 0.3) is 10.9 Å². The molecule has 100 valence electrons. The number of nitrogen functional groups attached to an aromatic ring is 1. The lowest BCUT2D eigenvalue weighted by atomic mass is 10.1. The summed E-state index contributed by atoms with van der Waals surface area (Å²) in [6.07, 6.45) is 1.69. The van der Waals surface area contributed by atoms with Crippen LogP contribution in [0.3, 0.4) is 0 Å². The van der Waals surface area contributed by atoms with Crippen molar-refractivity contribution < 1.29 is 9.13 Å². The number of hydrogen-bond donors (Lipinski definition) is 1. The Morgan fingerprint density at radius 2 is 2.00 bits per heavy atom. The minimum atomic E-state index is -0.249. The fourth-order valence-electron chi connectivity index (χ4n) is 2.06. The highest BCUT2D eigenvalue weighted by Crippen LogP contribution is 2.32. The van der Waals surface area contributed by atoms with E-state index in [1.165, 1.54) is 6.07 Å². The average Bonchev–Trinajstić information content (AvgIpc) is 2.46. The quantitative estimate of drug-likeness (QED) is 0.713. The molecule has 0 atom stereocenters. The van der Waals surface area contributed by atoms with E-state index < -0.39 is 0 Å². The molecule has 1 heterocycles. The Hall–Kier alpha value is -2.62. The SMILES string of the molecule is Cc1cc(Oc2ccc(N)c3ncccc23)ccc1F. The Balaban J connectivity index is 2.06. The van der Waals surface area contributed by atoms with Crippen molar-refractivity contribution in [3.63, 3.8) is 0 Å². The van der Waals surface area contributed by atoms with Crippen LogP contribution in [0, 0.1) is 12.7 Å². The average molecular weight is 268 g/mol. The summed E-state index contributed by atoms with van der Waals surface area (Å²) in [7, 11) is 0. The summed E-state index contributed by atoms with van der Waals surface area (Å²) < 4.78 is 19.1. The van der Waals surface area contributed by atoms with Crippen LogP contribution in [-0.4, -0.2) is 4.98 Å². The van der Waals surface area contributed by atoms with Gasteiger partial charge in [-0.05, 0) is 55.0 Å². The molecule has 0 bridgehead atoms. The molecule has 0 saturated carbocycles. The number of ether oxygens (including phenoxy) is 1. The number of nitrogens with zero attached hydrogens (tertiary/aromatic N) is 1. The van der Waals surface area contributed by atoms with E-state index in [9.17, 15) is 4.39 Å². The highest BCUT2D eigenvalue weighted by molar-refractivity contribution is 5.93. The second-order valence-electron chi connectivity index (χ2n) is 4.57. The number of benzene rings is 2. The monoisotopic (exact) mass is 268 g/mol. The van der Waals surface area contributed by atoms with E-state index >= 15 is 0 Å². The first-order valence-electron chi connectivity index (χ1n) is 6.22. The second kappa shape index (κ2) is 4.81. The van der Waals surface area contributed by atoms with E-state index in [1.807, 2.05) is 12.1 Å². The number of halogens is 1. The first-order valence-corrected chi connectivity index (χ1v) is 6.22. The van der Waals surface area contributed by atoms with Crippen LogP contribution < -0.4 is 10.5 Å². The summed E-state index contributed by atoms with van der Waals surface area (Å²) in [5.74, 6) is 0.980. The standard InChI is InChI=1S/C16H13FN2O/c1-10-9-11(4-5-13(10)17)20-15-7-6-14(18)16-12(15)3-2-8-19-16/h2-9H,18H2,1H3. The van der Waals surface area contributed by atoms with Crippen LogP contribution in [-0.2, 0) is 0 Å². The van der Waals surface area contributed by atoms with Gasteiger partial charge in [0.1, 0.15) is 17.3 Å². The number of nitrogens with two attached hydrogens (primary N) is 1. The minimum Gasteiger partial charge on any atom is -0.457 e. The van der Waals surface area contributed by atoms with Gasteiger partial charge in [0, 0.05) is 11.6 Å². The summed E-state index contributed by atoms with van der Waals surface area (Å²) in [5.41, 5.74) is 7.74. The van der Waals surface area contributed by atoms with Crippen LogP contribution >= 0.6 is 0 Å². The molecule has 4 heteroatoms.